The van der Waals surface area contributed by atoms with E-state index in [4.69, 9.17) is 21.5 Å². The van der Waals surface area contributed by atoms with E-state index >= 15 is 0 Å². The van der Waals surface area contributed by atoms with Crippen LogP contribution in [0.25, 0.3) is 0 Å². The zero-order chi connectivity index (χ0) is 19.8. The fourth-order valence-electron chi connectivity index (χ4n) is 2.79. The monoisotopic (exact) mass is 420 g/mol. The molecule has 1 saturated heterocycles. The second-order valence-electron chi connectivity index (χ2n) is 5.82. The number of benzene rings is 2. The van der Waals surface area contributed by atoms with Gasteiger partial charge in [-0.3, -0.25) is 14.2 Å². The van der Waals surface area contributed by atoms with Gasteiger partial charge in [0.2, 0.25) is 5.91 Å². The molecule has 2 aromatic rings. The van der Waals surface area contributed by atoms with Crippen molar-refractivity contribution in [2.24, 2.45) is 5.14 Å². The topological polar surface area (TPSA) is 55.6 Å². The number of halogens is 5. The van der Waals surface area contributed by atoms with E-state index in [2.05, 4.69) is 0 Å². The maximum absolute atomic E-state index is 14.5. The van der Waals surface area contributed by atoms with Gasteiger partial charge in [-0.05, 0) is 30.7 Å². The molecule has 27 heavy (non-hydrogen) atoms. The first kappa shape index (κ1) is 19.8. The summed E-state index contributed by atoms with van der Waals surface area (Å²) in [7, 11) is 0. The second kappa shape index (κ2) is 7.57. The van der Waals surface area contributed by atoms with Crippen LogP contribution in [0.2, 0.25) is 5.02 Å². The van der Waals surface area contributed by atoms with Gasteiger partial charge in [0.1, 0.15) is 17.3 Å². The lowest BCUT2D eigenvalue weighted by atomic mass is 9.97. The lowest BCUT2D eigenvalue weighted by molar-refractivity contribution is -0.137. The lowest BCUT2D eigenvalue weighted by Gasteiger charge is -2.14. The highest BCUT2D eigenvalue weighted by atomic mass is 35.5. The summed E-state index contributed by atoms with van der Waals surface area (Å²) in [5, 5.41) is 5.14. The van der Waals surface area contributed by atoms with Gasteiger partial charge < -0.3 is 4.74 Å². The number of nitrogens with two attached hydrogens (primary N) is 1. The van der Waals surface area contributed by atoms with Gasteiger partial charge in [0.15, 0.2) is 0 Å². The largest absolute Gasteiger partial charge is 0.456 e. The van der Waals surface area contributed by atoms with Crippen LogP contribution in [0.5, 0.6) is 11.5 Å². The number of rotatable bonds is 4. The van der Waals surface area contributed by atoms with Crippen LogP contribution in [0, 0.1) is 5.82 Å². The van der Waals surface area contributed by atoms with Gasteiger partial charge in [-0.1, -0.05) is 17.7 Å². The molecule has 4 nitrogen and oxygen atoms in total. The van der Waals surface area contributed by atoms with E-state index in [1.54, 1.807) is 0 Å². The molecule has 0 radical (unpaired) electrons. The van der Waals surface area contributed by atoms with Crippen LogP contribution in [0.15, 0.2) is 36.4 Å². The van der Waals surface area contributed by atoms with Crippen molar-refractivity contribution >= 4 is 29.6 Å². The number of alkyl halides is 3. The number of carbonyl (C=O) groups excluding carboxylic acids is 1. The molecule has 0 aromatic heterocycles. The molecule has 0 aliphatic carbocycles. The van der Waals surface area contributed by atoms with Crippen LogP contribution in [-0.2, 0) is 11.0 Å². The minimum Gasteiger partial charge on any atom is -0.456 e. The summed E-state index contributed by atoms with van der Waals surface area (Å²) in [5.41, 5.74) is -0.703. The average Bonchev–Trinajstić information content (AvgIpc) is 2.96. The third kappa shape index (κ3) is 4.15. The highest BCUT2D eigenvalue weighted by Crippen LogP contribution is 2.38. The second-order valence-corrected chi connectivity index (χ2v) is 6.87. The minimum absolute atomic E-state index is 0.0422. The Labute approximate surface area is 161 Å². The molecule has 2 N–H and O–H groups in total. The molecule has 1 amide bonds. The third-order valence-electron chi connectivity index (χ3n) is 4.13. The summed E-state index contributed by atoms with van der Waals surface area (Å²) in [5.74, 6) is -1.56. The van der Waals surface area contributed by atoms with E-state index in [1.807, 2.05) is 0 Å². The molecule has 1 atom stereocenters. The average molecular weight is 421 g/mol. The number of carbonyl (C=O) groups is 1. The Kier molecular flexibility index (Phi) is 5.55. The van der Waals surface area contributed by atoms with Crippen molar-refractivity contribution < 1.29 is 27.1 Å². The zero-order valence-electron chi connectivity index (χ0n) is 13.6. The van der Waals surface area contributed by atoms with Gasteiger partial charge in [0.25, 0.3) is 0 Å². The van der Waals surface area contributed by atoms with Crippen molar-refractivity contribution in [3.8, 4) is 11.5 Å². The maximum atomic E-state index is 14.5. The summed E-state index contributed by atoms with van der Waals surface area (Å²) in [6.45, 7) is 0.420. The van der Waals surface area contributed by atoms with Crippen LogP contribution >= 0.6 is 23.7 Å². The summed E-state index contributed by atoms with van der Waals surface area (Å²) >= 11 is 6.62. The number of hydrogen-bond donors (Lipinski definition) is 1. The minimum atomic E-state index is -4.53. The first-order chi connectivity index (χ1) is 12.7. The standard InChI is InChI=1S/C17H13ClF4N2O2S/c18-13-7-9(17(20,21)22)1-4-15(13)26-10-2-3-11(14(19)8-10)12-5-6-24(27-23)16(12)25/h1-4,7-8,12H,5-6,23H2. The molecule has 0 saturated carbocycles. The Balaban J connectivity index is 1.80. The van der Waals surface area contributed by atoms with Gasteiger partial charge in [0.05, 0.1) is 16.5 Å². The predicted octanol–water partition coefficient (Wildman–Crippen LogP) is 5.13. The van der Waals surface area contributed by atoms with E-state index in [-0.39, 0.29) is 28.0 Å². The highest BCUT2D eigenvalue weighted by Gasteiger charge is 2.35. The molecular weight excluding hydrogens is 408 g/mol. The summed E-state index contributed by atoms with van der Waals surface area (Å²) in [4.78, 5) is 12.1. The Morgan fingerprint density at radius 2 is 1.96 bits per heavy atom. The van der Waals surface area contributed by atoms with Crippen LogP contribution in [0.3, 0.4) is 0 Å². The molecule has 10 heteroatoms. The molecule has 3 rings (SSSR count). The smallest absolute Gasteiger partial charge is 0.416 e. The maximum Gasteiger partial charge on any atom is 0.416 e. The van der Waals surface area contributed by atoms with E-state index in [0.29, 0.717) is 13.0 Å². The molecule has 1 fully saturated rings. The van der Waals surface area contributed by atoms with Gasteiger partial charge in [0, 0.05) is 30.3 Å². The quantitative estimate of drug-likeness (QED) is 0.550. The van der Waals surface area contributed by atoms with Crippen LogP contribution < -0.4 is 9.88 Å². The Hall–Kier alpha value is -1.97. The number of nitrogens with zero attached hydrogens (tertiary/aromatic N) is 1. The van der Waals surface area contributed by atoms with Crippen molar-refractivity contribution in [1.29, 1.82) is 0 Å². The van der Waals surface area contributed by atoms with E-state index < -0.39 is 23.5 Å². The molecule has 1 heterocycles. The van der Waals surface area contributed by atoms with Crippen molar-refractivity contribution in [3.63, 3.8) is 0 Å². The Morgan fingerprint density at radius 3 is 2.52 bits per heavy atom. The fraction of sp³-hybridized carbons (Fsp3) is 0.235. The van der Waals surface area contributed by atoms with E-state index in [9.17, 15) is 22.4 Å². The van der Waals surface area contributed by atoms with Crippen molar-refractivity contribution in [2.45, 2.75) is 18.5 Å². The number of amides is 1. The molecule has 1 aliphatic heterocycles. The third-order valence-corrected chi connectivity index (χ3v) is 5.04. The number of hydrogen-bond acceptors (Lipinski definition) is 4. The zero-order valence-corrected chi connectivity index (χ0v) is 15.2. The van der Waals surface area contributed by atoms with Gasteiger partial charge in [-0.25, -0.2) is 4.39 Å². The highest BCUT2D eigenvalue weighted by molar-refractivity contribution is 7.95. The molecule has 1 unspecified atom stereocenters. The van der Waals surface area contributed by atoms with Crippen molar-refractivity contribution in [3.05, 3.63) is 58.4 Å². The number of ether oxygens (including phenoxy) is 1. The fourth-order valence-corrected chi connectivity index (χ4v) is 3.45. The predicted molar refractivity (Wildman–Crippen MR) is 93.8 cm³/mol. The van der Waals surface area contributed by atoms with E-state index in [0.717, 1.165) is 36.4 Å². The SMILES string of the molecule is NSN1CCC(c2ccc(Oc3ccc(C(F)(F)F)cc3Cl)cc2F)C1=O. The Bertz CT molecular complexity index is 878. The first-order valence-corrected chi connectivity index (χ1v) is 8.94. The molecular formula is C17H13ClF4N2O2S. The molecule has 2 aromatic carbocycles. The first-order valence-electron chi connectivity index (χ1n) is 7.73. The summed E-state index contributed by atoms with van der Waals surface area (Å²) in [6.07, 6.45) is -4.09. The summed E-state index contributed by atoms with van der Waals surface area (Å²) < 4.78 is 59.2. The van der Waals surface area contributed by atoms with Crippen LogP contribution in [0.4, 0.5) is 17.6 Å². The lowest BCUT2D eigenvalue weighted by Crippen LogP contribution is -2.21. The Morgan fingerprint density at radius 1 is 1.22 bits per heavy atom. The molecule has 144 valence electrons. The van der Waals surface area contributed by atoms with Gasteiger partial charge >= 0.3 is 6.18 Å². The molecule has 0 bridgehead atoms. The molecule has 1 aliphatic rings. The van der Waals surface area contributed by atoms with Crippen LogP contribution in [-0.4, -0.2) is 16.8 Å². The normalized spacial score (nSPS) is 17.5. The van der Waals surface area contributed by atoms with E-state index in [1.165, 1.54) is 16.4 Å². The van der Waals surface area contributed by atoms with Crippen molar-refractivity contribution in [2.75, 3.05) is 6.54 Å². The van der Waals surface area contributed by atoms with Crippen LogP contribution in [0.1, 0.15) is 23.5 Å². The summed E-state index contributed by atoms with van der Waals surface area (Å²) in [6, 6.07) is 6.52. The van der Waals surface area contributed by atoms with Crippen molar-refractivity contribution in [1.82, 2.24) is 4.31 Å². The molecule has 0 spiro atoms. The van der Waals surface area contributed by atoms with Gasteiger partial charge in [-0.15, -0.1) is 0 Å². The van der Waals surface area contributed by atoms with Gasteiger partial charge in [-0.2, -0.15) is 13.2 Å².